The maximum atomic E-state index is 9.68. The Bertz CT molecular complexity index is 899. The van der Waals surface area contributed by atoms with Gasteiger partial charge in [-0.25, -0.2) is 0 Å². The Morgan fingerprint density at radius 1 is 1.14 bits per heavy atom. The lowest BCUT2D eigenvalue weighted by molar-refractivity contribution is 0.476. The van der Waals surface area contributed by atoms with E-state index >= 15 is 0 Å². The van der Waals surface area contributed by atoms with E-state index in [2.05, 4.69) is 11.8 Å². The molecular weight excluding hydrogens is 296 g/mol. The number of nitrogens with two attached hydrogens (primary N) is 1. The van der Waals surface area contributed by atoms with Crippen molar-refractivity contribution >= 4 is 28.2 Å². The largest absolute Gasteiger partial charge is 0.508 e. The second-order valence-electron chi connectivity index (χ2n) is 4.96. The van der Waals surface area contributed by atoms with Gasteiger partial charge in [0, 0.05) is 28.6 Å². The number of aromatic hydroxyl groups is 1. The second kappa shape index (κ2) is 5.67. The molecule has 2 aromatic carbocycles. The van der Waals surface area contributed by atoms with Gasteiger partial charge in [-0.15, -0.1) is 0 Å². The van der Waals surface area contributed by atoms with Crippen LogP contribution in [-0.2, 0) is 6.54 Å². The Morgan fingerprint density at radius 2 is 1.86 bits per heavy atom. The van der Waals surface area contributed by atoms with E-state index in [1.54, 1.807) is 12.1 Å². The van der Waals surface area contributed by atoms with Crippen LogP contribution < -0.4 is 5.73 Å². The van der Waals surface area contributed by atoms with Crippen LogP contribution in [0.15, 0.2) is 42.5 Å². The van der Waals surface area contributed by atoms with Gasteiger partial charge in [0.1, 0.15) is 11.4 Å². The monoisotopic (exact) mass is 310 g/mol. The number of nitrogen functional groups attached to an aromatic ring is 1. The number of fused-ring (bicyclic) bond motifs is 1. The molecule has 0 bridgehead atoms. The maximum absolute atomic E-state index is 9.68. The summed E-state index contributed by atoms with van der Waals surface area (Å²) >= 11 is 5.87. The van der Waals surface area contributed by atoms with Gasteiger partial charge in [0.15, 0.2) is 0 Å². The molecule has 1 aromatic heterocycles. The van der Waals surface area contributed by atoms with Crippen LogP contribution in [0, 0.1) is 11.8 Å². The third kappa shape index (κ3) is 2.49. The van der Waals surface area contributed by atoms with Crippen molar-refractivity contribution in [2.75, 3.05) is 5.73 Å². The summed E-state index contributed by atoms with van der Waals surface area (Å²) in [6.45, 7) is 2.75. The van der Waals surface area contributed by atoms with Crippen molar-refractivity contribution < 1.29 is 5.11 Å². The average Bonchev–Trinajstić information content (AvgIpc) is 2.78. The van der Waals surface area contributed by atoms with Crippen LogP contribution in [0.3, 0.4) is 0 Å². The molecule has 22 heavy (non-hydrogen) atoms. The smallest absolute Gasteiger partial charge is 0.117 e. The minimum Gasteiger partial charge on any atom is -0.508 e. The van der Waals surface area contributed by atoms with Crippen LogP contribution in [0.4, 0.5) is 5.69 Å². The Morgan fingerprint density at radius 3 is 2.55 bits per heavy atom. The minimum absolute atomic E-state index is 0.219. The summed E-state index contributed by atoms with van der Waals surface area (Å²) < 4.78 is 2.01. The van der Waals surface area contributed by atoms with Crippen molar-refractivity contribution in [1.29, 1.82) is 0 Å². The molecule has 0 unspecified atom stereocenters. The molecule has 110 valence electrons. The van der Waals surface area contributed by atoms with Crippen LogP contribution in [-0.4, -0.2) is 9.67 Å². The Hall–Kier alpha value is -2.57. The highest BCUT2D eigenvalue weighted by molar-refractivity contribution is 6.30. The van der Waals surface area contributed by atoms with E-state index in [9.17, 15) is 5.11 Å². The molecule has 0 saturated carbocycles. The van der Waals surface area contributed by atoms with Crippen LogP contribution in [0.1, 0.15) is 18.2 Å². The Balaban J connectivity index is 2.15. The number of aryl methyl sites for hydroxylation is 1. The highest BCUT2D eigenvalue weighted by Gasteiger charge is 2.12. The number of hydrogen-bond donors (Lipinski definition) is 2. The normalized spacial score (nSPS) is 10.5. The number of nitrogens with zero attached hydrogens (tertiary/aromatic N) is 1. The topological polar surface area (TPSA) is 51.2 Å². The van der Waals surface area contributed by atoms with Crippen molar-refractivity contribution in [3.8, 4) is 17.6 Å². The fourth-order valence-corrected chi connectivity index (χ4v) is 2.62. The zero-order valence-corrected chi connectivity index (χ0v) is 12.9. The van der Waals surface area contributed by atoms with Gasteiger partial charge >= 0.3 is 0 Å². The number of rotatable bonds is 1. The average molecular weight is 311 g/mol. The first-order valence-corrected chi connectivity index (χ1v) is 7.36. The Kier molecular flexibility index (Phi) is 3.70. The highest BCUT2D eigenvalue weighted by Crippen LogP contribution is 2.30. The number of aromatic nitrogens is 1. The van der Waals surface area contributed by atoms with Crippen molar-refractivity contribution in [1.82, 2.24) is 4.57 Å². The molecule has 0 saturated heterocycles. The highest BCUT2D eigenvalue weighted by atomic mass is 35.5. The van der Waals surface area contributed by atoms with E-state index in [0.717, 1.165) is 28.7 Å². The molecule has 0 aliphatic carbocycles. The summed E-state index contributed by atoms with van der Waals surface area (Å²) in [5.74, 6) is 6.47. The molecule has 0 fully saturated rings. The molecule has 0 amide bonds. The molecule has 4 heteroatoms. The van der Waals surface area contributed by atoms with E-state index in [4.69, 9.17) is 17.3 Å². The van der Waals surface area contributed by atoms with Crippen LogP contribution in [0.25, 0.3) is 10.9 Å². The molecule has 3 N–H and O–H groups in total. The number of anilines is 1. The number of phenolic OH excluding ortho intramolecular Hbond substituents is 1. The van der Waals surface area contributed by atoms with Gasteiger partial charge in [0.05, 0.1) is 11.2 Å². The molecule has 0 spiro atoms. The predicted molar refractivity (Wildman–Crippen MR) is 91.1 cm³/mol. The quantitative estimate of drug-likeness (QED) is 0.667. The molecule has 0 radical (unpaired) electrons. The van der Waals surface area contributed by atoms with Crippen LogP contribution in [0.2, 0.25) is 5.02 Å². The molecular formula is C18H15ClN2O. The third-order valence-corrected chi connectivity index (χ3v) is 3.82. The molecule has 3 rings (SSSR count). The van der Waals surface area contributed by atoms with Gasteiger partial charge in [-0.2, -0.15) is 0 Å². The summed E-state index contributed by atoms with van der Waals surface area (Å²) in [6.07, 6.45) is 0. The van der Waals surface area contributed by atoms with Gasteiger partial charge in [-0.05, 0) is 49.2 Å². The predicted octanol–water partition coefficient (Wildman–Crippen LogP) is 4.00. The lowest BCUT2D eigenvalue weighted by Gasteiger charge is -2.03. The summed E-state index contributed by atoms with van der Waals surface area (Å²) in [5.41, 5.74) is 9.39. The molecule has 0 aliphatic heterocycles. The van der Waals surface area contributed by atoms with Crippen molar-refractivity contribution in [3.05, 3.63) is 58.7 Å². The van der Waals surface area contributed by atoms with E-state index < -0.39 is 0 Å². The maximum Gasteiger partial charge on any atom is 0.117 e. The lowest BCUT2D eigenvalue weighted by atomic mass is 10.2. The summed E-state index contributed by atoms with van der Waals surface area (Å²) in [6, 6.07) is 12.5. The molecule has 1 heterocycles. The number of phenols is 1. The second-order valence-corrected chi connectivity index (χ2v) is 5.40. The number of hydrogen-bond acceptors (Lipinski definition) is 2. The molecule has 3 aromatic rings. The van der Waals surface area contributed by atoms with Gasteiger partial charge in [0.25, 0.3) is 0 Å². The first kappa shape index (κ1) is 14.4. The molecule has 3 nitrogen and oxygen atoms in total. The number of halogens is 1. The summed E-state index contributed by atoms with van der Waals surface area (Å²) in [4.78, 5) is 0. The van der Waals surface area contributed by atoms with Crippen LogP contribution in [0.5, 0.6) is 5.75 Å². The first-order valence-electron chi connectivity index (χ1n) is 6.98. The van der Waals surface area contributed by atoms with E-state index in [-0.39, 0.29) is 5.75 Å². The van der Waals surface area contributed by atoms with Gasteiger partial charge < -0.3 is 15.4 Å². The van der Waals surface area contributed by atoms with Gasteiger partial charge in [-0.3, -0.25) is 0 Å². The van der Waals surface area contributed by atoms with Crippen molar-refractivity contribution in [2.24, 2.45) is 0 Å². The molecule has 0 aliphatic rings. The first-order chi connectivity index (χ1) is 10.6. The lowest BCUT2D eigenvalue weighted by Crippen LogP contribution is -1.98. The van der Waals surface area contributed by atoms with E-state index in [0.29, 0.717) is 10.7 Å². The summed E-state index contributed by atoms with van der Waals surface area (Å²) in [5, 5.41) is 11.3. The van der Waals surface area contributed by atoms with Crippen LogP contribution >= 0.6 is 11.6 Å². The fraction of sp³-hybridized carbons (Fsp3) is 0.111. The SMILES string of the molecule is CCn1c(C#Cc2ccc(Cl)cc2)c(N)c2ccc(O)cc21. The van der Waals surface area contributed by atoms with E-state index in [1.807, 2.05) is 41.8 Å². The van der Waals surface area contributed by atoms with Crippen molar-refractivity contribution in [2.45, 2.75) is 13.5 Å². The Labute approximate surface area is 133 Å². The summed E-state index contributed by atoms with van der Waals surface area (Å²) in [7, 11) is 0. The zero-order valence-electron chi connectivity index (χ0n) is 12.1. The minimum atomic E-state index is 0.219. The zero-order chi connectivity index (χ0) is 15.7. The number of benzene rings is 2. The fourth-order valence-electron chi connectivity index (χ4n) is 2.49. The molecule has 0 atom stereocenters. The van der Waals surface area contributed by atoms with Gasteiger partial charge in [0.2, 0.25) is 0 Å². The van der Waals surface area contributed by atoms with E-state index in [1.165, 1.54) is 0 Å². The standard InChI is InChI=1S/C18H15ClN2O/c1-2-21-16(10-5-12-3-6-13(19)7-4-12)18(20)15-9-8-14(22)11-17(15)21/h3-4,6-9,11,22H,2,20H2,1H3. The van der Waals surface area contributed by atoms with Gasteiger partial charge in [-0.1, -0.05) is 17.5 Å². The third-order valence-electron chi connectivity index (χ3n) is 3.57. The van der Waals surface area contributed by atoms with Crippen molar-refractivity contribution in [3.63, 3.8) is 0 Å².